The molecule has 8 heteroatoms. The summed E-state index contributed by atoms with van der Waals surface area (Å²) in [6.07, 6.45) is -0.0167. The Hall–Kier alpha value is -1.90. The van der Waals surface area contributed by atoms with E-state index in [1.54, 1.807) is 32.0 Å². The third-order valence-corrected chi connectivity index (χ3v) is 3.83. The van der Waals surface area contributed by atoms with Crippen LogP contribution in [0.5, 0.6) is 11.5 Å². The highest BCUT2D eigenvalue weighted by Crippen LogP contribution is 2.26. The maximum absolute atomic E-state index is 11.7. The van der Waals surface area contributed by atoms with Gasteiger partial charge < -0.3 is 24.1 Å². The van der Waals surface area contributed by atoms with Crippen molar-refractivity contribution in [2.45, 2.75) is 31.9 Å². The molecule has 0 amide bonds. The van der Waals surface area contributed by atoms with E-state index in [1.807, 2.05) is 0 Å². The van der Waals surface area contributed by atoms with Gasteiger partial charge in [0.2, 0.25) is 6.04 Å². The molecule has 0 aromatic heterocycles. The molecule has 0 aliphatic heterocycles. The van der Waals surface area contributed by atoms with Gasteiger partial charge in [-0.2, -0.15) is 0 Å². The molecule has 0 saturated heterocycles. The minimum atomic E-state index is -1.74. The van der Waals surface area contributed by atoms with Crippen LogP contribution in [-0.2, 0) is 15.9 Å². The molecule has 1 aromatic rings. The van der Waals surface area contributed by atoms with Crippen LogP contribution in [0.2, 0.25) is 0 Å². The molecule has 0 bridgehead atoms. The monoisotopic (exact) mass is 357 g/mol. The van der Waals surface area contributed by atoms with Crippen LogP contribution in [0, 0.1) is 10.1 Å². The van der Waals surface area contributed by atoms with E-state index < -0.39 is 16.6 Å². The molecule has 0 fully saturated rings. The summed E-state index contributed by atoms with van der Waals surface area (Å²) in [7, 11) is 3.01. The van der Waals surface area contributed by atoms with E-state index >= 15 is 0 Å². The summed E-state index contributed by atoms with van der Waals surface area (Å²) in [5, 5.41) is 22.5. The van der Waals surface area contributed by atoms with Crippen molar-refractivity contribution in [2.75, 3.05) is 40.6 Å². The van der Waals surface area contributed by atoms with Gasteiger partial charge in [0.25, 0.3) is 0 Å². The Balaban J connectivity index is 3.13. The zero-order valence-electron chi connectivity index (χ0n) is 15.2. The van der Waals surface area contributed by atoms with Crippen molar-refractivity contribution in [2.24, 2.45) is 0 Å². The summed E-state index contributed by atoms with van der Waals surface area (Å²) in [5.74, 6) is 1.05. The highest BCUT2D eigenvalue weighted by atomic mass is 16.6. The van der Waals surface area contributed by atoms with Crippen LogP contribution in [0.25, 0.3) is 0 Å². The molecule has 0 radical (unpaired) electrons. The number of benzene rings is 1. The number of aliphatic hydroxyl groups is 1. The molecule has 1 atom stereocenters. The SMILES string of the molecule is CCOCC(O)(COCC)C(Cc1cc(OC)cc(OC)c1)[N+](=O)[O-]. The first-order chi connectivity index (χ1) is 11.9. The van der Waals surface area contributed by atoms with Gasteiger partial charge in [0.05, 0.1) is 27.4 Å². The van der Waals surface area contributed by atoms with E-state index in [9.17, 15) is 15.2 Å². The number of methoxy groups -OCH3 is 2. The summed E-state index contributed by atoms with van der Waals surface area (Å²) in [4.78, 5) is 11.2. The van der Waals surface area contributed by atoms with Crippen molar-refractivity contribution in [3.8, 4) is 11.5 Å². The smallest absolute Gasteiger partial charge is 0.249 e. The molecular formula is C17H27NO7. The van der Waals surface area contributed by atoms with Crippen molar-refractivity contribution in [1.29, 1.82) is 0 Å². The van der Waals surface area contributed by atoms with Crippen molar-refractivity contribution in [1.82, 2.24) is 0 Å². The zero-order chi connectivity index (χ0) is 18.9. The van der Waals surface area contributed by atoms with E-state index in [0.29, 0.717) is 30.3 Å². The standard InChI is InChI=1S/C17H27NO7/c1-5-24-11-17(19,12-25-6-2)16(18(20)21)9-13-7-14(22-3)10-15(8-13)23-4/h7-8,10,16,19H,5-6,9,11-12H2,1-4H3. The van der Waals surface area contributed by atoms with E-state index in [0.717, 1.165) is 0 Å². The maximum atomic E-state index is 11.7. The molecule has 1 rings (SSSR count). The van der Waals surface area contributed by atoms with Gasteiger partial charge in [-0.15, -0.1) is 0 Å². The lowest BCUT2D eigenvalue weighted by molar-refractivity contribution is -0.548. The van der Waals surface area contributed by atoms with Crippen LogP contribution in [0.3, 0.4) is 0 Å². The predicted molar refractivity (Wildman–Crippen MR) is 92.0 cm³/mol. The largest absolute Gasteiger partial charge is 0.497 e. The van der Waals surface area contributed by atoms with Gasteiger partial charge in [0.1, 0.15) is 11.5 Å². The molecule has 1 aromatic carbocycles. The number of nitrogens with zero attached hydrogens (tertiary/aromatic N) is 1. The number of hydrogen-bond acceptors (Lipinski definition) is 7. The summed E-state index contributed by atoms with van der Waals surface area (Å²) < 4.78 is 20.9. The first-order valence-electron chi connectivity index (χ1n) is 8.13. The topological polar surface area (TPSA) is 100 Å². The highest BCUT2D eigenvalue weighted by Gasteiger charge is 2.46. The van der Waals surface area contributed by atoms with Crippen molar-refractivity contribution in [3.63, 3.8) is 0 Å². The van der Waals surface area contributed by atoms with Crippen molar-refractivity contribution >= 4 is 0 Å². The first-order valence-corrected chi connectivity index (χ1v) is 8.13. The van der Waals surface area contributed by atoms with E-state index in [2.05, 4.69) is 0 Å². The molecule has 25 heavy (non-hydrogen) atoms. The first kappa shape index (κ1) is 21.1. The Morgan fingerprint density at radius 2 is 1.56 bits per heavy atom. The van der Waals surface area contributed by atoms with Crippen LogP contribution in [0.4, 0.5) is 0 Å². The van der Waals surface area contributed by atoms with Crippen LogP contribution >= 0.6 is 0 Å². The second kappa shape index (κ2) is 10.2. The molecule has 8 nitrogen and oxygen atoms in total. The second-order valence-electron chi connectivity index (χ2n) is 5.60. The third-order valence-electron chi connectivity index (χ3n) is 3.83. The van der Waals surface area contributed by atoms with Crippen molar-refractivity contribution in [3.05, 3.63) is 33.9 Å². The van der Waals surface area contributed by atoms with Gasteiger partial charge in [0, 0.05) is 30.6 Å². The number of hydrogen-bond donors (Lipinski definition) is 1. The summed E-state index contributed by atoms with van der Waals surface area (Å²) in [6.45, 7) is 3.83. The fraction of sp³-hybridized carbons (Fsp3) is 0.647. The van der Waals surface area contributed by atoms with Crippen LogP contribution in [-0.4, -0.2) is 62.3 Å². The quantitative estimate of drug-likeness (QED) is 0.449. The molecule has 0 saturated carbocycles. The molecule has 0 aliphatic rings. The summed E-state index contributed by atoms with van der Waals surface area (Å²) >= 11 is 0. The van der Waals surface area contributed by atoms with Gasteiger partial charge in [-0.3, -0.25) is 10.1 Å². The lowest BCUT2D eigenvalue weighted by atomic mass is 9.90. The number of ether oxygens (including phenoxy) is 4. The Labute approximate surface area is 147 Å². The number of rotatable bonds is 12. The lowest BCUT2D eigenvalue weighted by Crippen LogP contribution is -2.55. The van der Waals surface area contributed by atoms with Crippen LogP contribution in [0.15, 0.2) is 18.2 Å². The van der Waals surface area contributed by atoms with E-state index in [-0.39, 0.29) is 19.6 Å². The minimum absolute atomic E-state index is 0.0167. The third kappa shape index (κ3) is 6.15. The van der Waals surface area contributed by atoms with Gasteiger partial charge in [-0.25, -0.2) is 0 Å². The molecule has 142 valence electrons. The van der Waals surface area contributed by atoms with Gasteiger partial charge in [-0.1, -0.05) is 0 Å². The van der Waals surface area contributed by atoms with E-state index in [1.165, 1.54) is 14.2 Å². The maximum Gasteiger partial charge on any atom is 0.249 e. The van der Waals surface area contributed by atoms with Crippen LogP contribution in [0.1, 0.15) is 19.4 Å². The zero-order valence-corrected chi connectivity index (χ0v) is 15.2. The Morgan fingerprint density at radius 1 is 1.08 bits per heavy atom. The molecule has 0 aliphatic carbocycles. The molecular weight excluding hydrogens is 330 g/mol. The minimum Gasteiger partial charge on any atom is -0.497 e. The average molecular weight is 357 g/mol. The molecule has 0 heterocycles. The lowest BCUT2D eigenvalue weighted by Gasteiger charge is -2.30. The Kier molecular flexibility index (Phi) is 8.60. The van der Waals surface area contributed by atoms with Gasteiger partial charge in [0.15, 0.2) is 5.60 Å². The fourth-order valence-electron chi connectivity index (χ4n) is 2.46. The normalized spacial score (nSPS) is 12.7. The Bertz CT molecular complexity index is 520. The average Bonchev–Trinajstić information content (AvgIpc) is 2.62. The Morgan fingerprint density at radius 3 is 1.92 bits per heavy atom. The summed E-state index contributed by atoms with van der Waals surface area (Å²) in [6, 6.07) is 3.74. The van der Waals surface area contributed by atoms with Gasteiger partial charge in [-0.05, 0) is 31.5 Å². The van der Waals surface area contributed by atoms with Crippen molar-refractivity contribution < 1.29 is 29.0 Å². The fourth-order valence-corrected chi connectivity index (χ4v) is 2.46. The molecule has 0 spiro atoms. The molecule has 1 N–H and O–H groups in total. The molecule has 1 unspecified atom stereocenters. The predicted octanol–water partition coefficient (Wildman–Crippen LogP) is 1.70. The summed E-state index contributed by atoms with van der Waals surface area (Å²) in [5.41, 5.74) is -1.13. The van der Waals surface area contributed by atoms with Crippen LogP contribution < -0.4 is 9.47 Å². The number of nitro groups is 1. The van der Waals surface area contributed by atoms with E-state index in [4.69, 9.17) is 18.9 Å². The van der Waals surface area contributed by atoms with Gasteiger partial charge >= 0.3 is 0 Å². The second-order valence-corrected chi connectivity index (χ2v) is 5.60. The highest BCUT2D eigenvalue weighted by molar-refractivity contribution is 5.38.